The lowest BCUT2D eigenvalue weighted by atomic mass is 9.58. The van der Waals surface area contributed by atoms with E-state index < -0.39 is 0 Å². The van der Waals surface area contributed by atoms with Crippen LogP contribution in [0.15, 0.2) is 0 Å². The van der Waals surface area contributed by atoms with Gasteiger partial charge in [0, 0.05) is 15.8 Å². The summed E-state index contributed by atoms with van der Waals surface area (Å²) in [6.07, 6.45) is 1.31. The van der Waals surface area contributed by atoms with Gasteiger partial charge in [-0.3, -0.25) is 0 Å². The van der Waals surface area contributed by atoms with Gasteiger partial charge in [-0.25, -0.2) is 0 Å². The summed E-state index contributed by atoms with van der Waals surface area (Å²) in [6.45, 7) is 17.5. The van der Waals surface area contributed by atoms with E-state index in [1.54, 1.807) is 0 Å². The molecule has 0 atom stereocenters. The van der Waals surface area contributed by atoms with Crippen LogP contribution >= 0.6 is 0 Å². The quantitative estimate of drug-likeness (QED) is 0.731. The van der Waals surface area contributed by atoms with Crippen molar-refractivity contribution in [2.24, 2.45) is 10.8 Å². The van der Waals surface area contributed by atoms with Gasteiger partial charge in [-0.05, 0) is 23.8 Å². The second-order valence-electron chi connectivity index (χ2n) is 6.69. The molecule has 0 saturated carbocycles. The van der Waals surface area contributed by atoms with E-state index >= 15 is 0 Å². The normalized spacial score (nSPS) is 14.6. The Kier molecular flexibility index (Phi) is 5.06. The fourth-order valence-electron chi connectivity index (χ4n) is 3.17. The summed E-state index contributed by atoms with van der Waals surface area (Å²) in [6, 6.07) is 1.38. The maximum absolute atomic E-state index is 3.80. The van der Waals surface area contributed by atoms with Crippen LogP contribution in [0, 0.1) is 10.8 Å². The van der Waals surface area contributed by atoms with Gasteiger partial charge >= 0.3 is 0 Å². The zero-order chi connectivity index (χ0) is 12.3. The van der Waals surface area contributed by atoms with E-state index in [2.05, 4.69) is 53.8 Å². The summed E-state index contributed by atoms with van der Waals surface area (Å²) in [5.41, 5.74) is 0.883. The Morgan fingerprint density at radius 2 is 1.33 bits per heavy atom. The minimum Gasteiger partial charge on any atom is -0.311 e. The van der Waals surface area contributed by atoms with Crippen molar-refractivity contribution in [3.63, 3.8) is 0 Å². The molecule has 92 valence electrons. The third-order valence-electron chi connectivity index (χ3n) is 3.66. The Balaban J connectivity index is 5.28. The van der Waals surface area contributed by atoms with Gasteiger partial charge in [0.05, 0.1) is 0 Å². The maximum Gasteiger partial charge on any atom is 0.0275 e. The molecule has 0 aromatic heterocycles. The number of hydrogen-bond donors (Lipinski definition) is 1. The van der Waals surface area contributed by atoms with E-state index in [1.807, 2.05) is 0 Å². The van der Waals surface area contributed by atoms with Gasteiger partial charge in [-0.2, -0.15) is 0 Å². The first-order chi connectivity index (χ1) is 6.62. The van der Waals surface area contributed by atoms with Crippen LogP contribution < -0.4 is 5.32 Å². The molecule has 0 rings (SSSR count). The van der Waals surface area contributed by atoms with Crippen LogP contribution in [-0.4, -0.2) is 22.3 Å². The van der Waals surface area contributed by atoms with Crippen LogP contribution in [0.5, 0.6) is 0 Å². The average Bonchev–Trinajstić information content (AvgIpc) is 1.99. The number of nitrogens with one attached hydrogen (secondary N) is 1. The van der Waals surface area contributed by atoms with Gasteiger partial charge in [0.2, 0.25) is 0 Å². The predicted molar refractivity (Wildman–Crippen MR) is 74.7 cm³/mol. The molecule has 0 unspecified atom stereocenters. The van der Waals surface area contributed by atoms with Crippen molar-refractivity contribution in [3.05, 3.63) is 0 Å². The van der Waals surface area contributed by atoms with Gasteiger partial charge < -0.3 is 5.32 Å². The van der Waals surface area contributed by atoms with Crippen molar-refractivity contribution >= 4 is 10.2 Å². The standard InChI is InChI=1S/C13H31NSi/c1-8-14-13(9-10-15,11(2,3)4)12(5,6)7/h14H,8-10H2,1-7,15H3. The molecule has 0 aliphatic rings. The Hall–Kier alpha value is 0.177. The predicted octanol–water partition coefficient (Wildman–Crippen LogP) is 2.60. The lowest BCUT2D eigenvalue weighted by Gasteiger charge is -2.54. The first-order valence-electron chi connectivity index (χ1n) is 6.37. The highest BCUT2D eigenvalue weighted by atomic mass is 28.1. The largest absolute Gasteiger partial charge is 0.311 e. The molecular weight excluding hydrogens is 198 g/mol. The summed E-state index contributed by atoms with van der Waals surface area (Å²) < 4.78 is 0. The van der Waals surface area contributed by atoms with Crippen molar-refractivity contribution in [2.45, 2.75) is 66.5 Å². The highest BCUT2D eigenvalue weighted by Gasteiger charge is 2.48. The molecule has 0 aliphatic carbocycles. The van der Waals surface area contributed by atoms with E-state index in [1.165, 1.54) is 22.7 Å². The van der Waals surface area contributed by atoms with E-state index in [4.69, 9.17) is 0 Å². The zero-order valence-electron chi connectivity index (χ0n) is 12.1. The fraction of sp³-hybridized carbons (Fsp3) is 1.00. The lowest BCUT2D eigenvalue weighted by Crippen LogP contribution is -2.62. The monoisotopic (exact) mass is 229 g/mol. The Labute approximate surface area is 99.8 Å². The molecular formula is C13H31NSi. The number of hydrogen-bond acceptors (Lipinski definition) is 1. The van der Waals surface area contributed by atoms with Crippen LogP contribution in [0.4, 0.5) is 0 Å². The summed E-state index contributed by atoms with van der Waals surface area (Å²) in [5, 5.41) is 3.80. The highest BCUT2D eigenvalue weighted by Crippen LogP contribution is 2.46. The van der Waals surface area contributed by atoms with Crippen LogP contribution in [0.2, 0.25) is 6.04 Å². The van der Waals surface area contributed by atoms with E-state index in [9.17, 15) is 0 Å². The van der Waals surface area contributed by atoms with Crippen LogP contribution in [-0.2, 0) is 0 Å². The van der Waals surface area contributed by atoms with E-state index in [0.29, 0.717) is 10.8 Å². The van der Waals surface area contributed by atoms with Gasteiger partial charge in [-0.15, -0.1) is 0 Å². The second-order valence-corrected chi connectivity index (χ2v) is 7.69. The van der Waals surface area contributed by atoms with Crippen LogP contribution in [0.25, 0.3) is 0 Å². The molecule has 0 aromatic rings. The van der Waals surface area contributed by atoms with E-state index in [-0.39, 0.29) is 5.54 Å². The molecule has 15 heavy (non-hydrogen) atoms. The summed E-state index contributed by atoms with van der Waals surface area (Å²) in [7, 11) is 1.30. The molecule has 2 heteroatoms. The first-order valence-corrected chi connectivity index (χ1v) is 7.79. The topological polar surface area (TPSA) is 12.0 Å². The van der Waals surface area contributed by atoms with Crippen LogP contribution in [0.3, 0.4) is 0 Å². The molecule has 0 radical (unpaired) electrons. The van der Waals surface area contributed by atoms with Crippen LogP contribution in [0.1, 0.15) is 54.9 Å². The van der Waals surface area contributed by atoms with Gasteiger partial charge in [0.25, 0.3) is 0 Å². The molecule has 0 saturated heterocycles. The molecule has 0 heterocycles. The van der Waals surface area contributed by atoms with Crippen molar-refractivity contribution < 1.29 is 0 Å². The smallest absolute Gasteiger partial charge is 0.0275 e. The fourth-order valence-corrected chi connectivity index (χ4v) is 3.92. The Morgan fingerprint density at radius 3 is 1.53 bits per heavy atom. The molecule has 1 N–H and O–H groups in total. The molecule has 0 aliphatic heterocycles. The van der Waals surface area contributed by atoms with Crippen molar-refractivity contribution in [3.8, 4) is 0 Å². The Bertz CT molecular complexity index is 164. The summed E-state index contributed by atoms with van der Waals surface area (Å²) in [5.74, 6) is 0. The SMILES string of the molecule is CCNC(CC[SiH3])(C(C)(C)C)C(C)(C)C. The molecule has 0 amide bonds. The third kappa shape index (κ3) is 3.07. The molecule has 0 aromatic carbocycles. The van der Waals surface area contributed by atoms with Gasteiger partial charge in [0.15, 0.2) is 0 Å². The van der Waals surface area contributed by atoms with Crippen molar-refractivity contribution in [1.82, 2.24) is 5.32 Å². The van der Waals surface area contributed by atoms with E-state index in [0.717, 1.165) is 6.54 Å². The zero-order valence-corrected chi connectivity index (χ0v) is 14.1. The summed E-state index contributed by atoms with van der Waals surface area (Å²) >= 11 is 0. The molecule has 0 fully saturated rings. The third-order valence-corrected chi connectivity index (χ3v) is 4.16. The van der Waals surface area contributed by atoms with Gasteiger partial charge in [-0.1, -0.05) is 54.5 Å². The van der Waals surface area contributed by atoms with Crippen molar-refractivity contribution in [1.29, 1.82) is 0 Å². The maximum atomic E-state index is 3.80. The molecule has 1 nitrogen and oxygen atoms in total. The Morgan fingerprint density at radius 1 is 0.933 bits per heavy atom. The average molecular weight is 229 g/mol. The highest BCUT2D eigenvalue weighted by molar-refractivity contribution is 6.08. The lowest BCUT2D eigenvalue weighted by molar-refractivity contribution is 0.0191. The number of rotatable bonds is 4. The first kappa shape index (κ1) is 15.2. The molecule has 0 spiro atoms. The van der Waals surface area contributed by atoms with Crippen molar-refractivity contribution in [2.75, 3.05) is 6.54 Å². The van der Waals surface area contributed by atoms with Gasteiger partial charge in [0.1, 0.15) is 0 Å². The molecule has 0 bridgehead atoms. The minimum absolute atomic E-state index is 0.260. The minimum atomic E-state index is 0.260. The second kappa shape index (κ2) is 5.01. The summed E-state index contributed by atoms with van der Waals surface area (Å²) in [4.78, 5) is 0.